The van der Waals surface area contributed by atoms with E-state index in [1.165, 1.54) is 0 Å². The molecule has 1 atom stereocenters. The van der Waals surface area contributed by atoms with Gasteiger partial charge in [-0.05, 0) is 47.4 Å². The first-order chi connectivity index (χ1) is 9.70. The number of hydrogen-bond acceptors (Lipinski definition) is 3. The second-order valence-electron chi connectivity index (χ2n) is 4.90. The number of hydrogen-bond donors (Lipinski definition) is 1. The summed E-state index contributed by atoms with van der Waals surface area (Å²) in [6.45, 7) is 3.18. The summed E-state index contributed by atoms with van der Waals surface area (Å²) in [5.74, 6) is 1.12. The Morgan fingerprint density at radius 2 is 2.20 bits per heavy atom. The summed E-state index contributed by atoms with van der Waals surface area (Å²) in [5, 5.41) is 3.57. The Morgan fingerprint density at radius 1 is 1.35 bits per heavy atom. The number of nitrogens with zero attached hydrogens (tertiary/aromatic N) is 3. The summed E-state index contributed by atoms with van der Waals surface area (Å²) in [7, 11) is 2.04. The summed E-state index contributed by atoms with van der Waals surface area (Å²) in [5.41, 5.74) is 1.09. The van der Waals surface area contributed by atoms with Gasteiger partial charge in [0.15, 0.2) is 0 Å². The first-order valence-electron chi connectivity index (χ1n) is 7.01. The molecular formula is C15H21BrN4. The van der Waals surface area contributed by atoms with E-state index in [9.17, 15) is 0 Å². The van der Waals surface area contributed by atoms with Crippen LogP contribution in [0.2, 0.25) is 0 Å². The van der Waals surface area contributed by atoms with E-state index in [0.717, 1.165) is 41.8 Å². The third kappa shape index (κ3) is 4.15. The summed E-state index contributed by atoms with van der Waals surface area (Å²) >= 11 is 3.43. The van der Waals surface area contributed by atoms with Crippen LogP contribution >= 0.6 is 15.9 Å². The van der Waals surface area contributed by atoms with Crippen LogP contribution in [0.3, 0.4) is 0 Å². The average molecular weight is 337 g/mol. The fourth-order valence-corrected chi connectivity index (χ4v) is 2.41. The molecule has 0 aliphatic rings. The monoisotopic (exact) mass is 336 g/mol. The highest BCUT2D eigenvalue weighted by atomic mass is 79.9. The number of aryl methyl sites for hydroxylation is 2. The van der Waals surface area contributed by atoms with Crippen LogP contribution in [-0.4, -0.2) is 21.1 Å². The van der Waals surface area contributed by atoms with Crippen molar-refractivity contribution in [3.8, 4) is 0 Å². The molecule has 0 spiro atoms. The van der Waals surface area contributed by atoms with E-state index in [0.29, 0.717) is 0 Å². The van der Waals surface area contributed by atoms with Gasteiger partial charge in [0.25, 0.3) is 0 Å². The topological polar surface area (TPSA) is 42.7 Å². The molecule has 0 saturated heterocycles. The van der Waals surface area contributed by atoms with E-state index < -0.39 is 0 Å². The Morgan fingerprint density at radius 3 is 2.80 bits per heavy atom. The van der Waals surface area contributed by atoms with E-state index >= 15 is 0 Å². The predicted octanol–water partition coefficient (Wildman–Crippen LogP) is 3.25. The first-order valence-corrected chi connectivity index (χ1v) is 7.81. The van der Waals surface area contributed by atoms with E-state index in [4.69, 9.17) is 0 Å². The van der Waals surface area contributed by atoms with Crippen molar-refractivity contribution < 1.29 is 0 Å². The first kappa shape index (κ1) is 15.2. The second kappa shape index (κ2) is 7.55. The van der Waals surface area contributed by atoms with Crippen LogP contribution in [0.5, 0.6) is 0 Å². The molecule has 108 valence electrons. The Kier molecular flexibility index (Phi) is 5.73. The van der Waals surface area contributed by atoms with Gasteiger partial charge in [-0.1, -0.05) is 6.92 Å². The van der Waals surface area contributed by atoms with Crippen molar-refractivity contribution in [1.82, 2.24) is 19.9 Å². The molecule has 2 heterocycles. The van der Waals surface area contributed by atoms with Crippen molar-refractivity contribution in [2.45, 2.75) is 32.2 Å². The van der Waals surface area contributed by atoms with Crippen molar-refractivity contribution >= 4 is 15.9 Å². The van der Waals surface area contributed by atoms with Crippen molar-refractivity contribution in [3.63, 3.8) is 0 Å². The van der Waals surface area contributed by atoms with E-state index in [1.807, 2.05) is 31.7 Å². The molecule has 0 radical (unpaired) electrons. The lowest BCUT2D eigenvalue weighted by atomic mass is 10.1. The van der Waals surface area contributed by atoms with Gasteiger partial charge in [0.05, 0.1) is 5.69 Å². The lowest BCUT2D eigenvalue weighted by Gasteiger charge is -2.18. The lowest BCUT2D eigenvalue weighted by Crippen LogP contribution is -2.24. The normalized spacial score (nSPS) is 12.6. The Bertz CT molecular complexity index is 521. The molecular weight excluding hydrogens is 316 g/mol. The summed E-state index contributed by atoms with van der Waals surface area (Å²) in [6.07, 6.45) is 8.76. The molecule has 0 aromatic carbocycles. The van der Waals surface area contributed by atoms with E-state index in [1.54, 1.807) is 0 Å². The summed E-state index contributed by atoms with van der Waals surface area (Å²) in [6, 6.07) is 4.40. The van der Waals surface area contributed by atoms with Gasteiger partial charge in [-0.15, -0.1) is 0 Å². The largest absolute Gasteiger partial charge is 0.338 e. The molecule has 20 heavy (non-hydrogen) atoms. The molecule has 1 unspecified atom stereocenters. The molecule has 0 amide bonds. The van der Waals surface area contributed by atoms with Crippen LogP contribution in [0, 0.1) is 0 Å². The zero-order valence-corrected chi connectivity index (χ0v) is 13.6. The number of halogens is 1. The van der Waals surface area contributed by atoms with Crippen molar-refractivity contribution in [2.75, 3.05) is 6.54 Å². The van der Waals surface area contributed by atoms with Crippen LogP contribution in [0.15, 0.2) is 35.2 Å². The molecule has 2 aromatic heterocycles. The Labute approximate surface area is 128 Å². The Balaban J connectivity index is 2.03. The molecule has 2 rings (SSSR count). The van der Waals surface area contributed by atoms with Crippen LogP contribution in [0.4, 0.5) is 0 Å². The maximum atomic E-state index is 4.52. The predicted molar refractivity (Wildman–Crippen MR) is 84.5 cm³/mol. The van der Waals surface area contributed by atoms with Crippen LogP contribution < -0.4 is 5.32 Å². The van der Waals surface area contributed by atoms with Gasteiger partial charge in [-0.3, -0.25) is 4.98 Å². The third-order valence-corrected chi connectivity index (χ3v) is 3.79. The fraction of sp³-hybridized carbons (Fsp3) is 0.467. The highest BCUT2D eigenvalue weighted by molar-refractivity contribution is 9.10. The van der Waals surface area contributed by atoms with Gasteiger partial charge in [0.2, 0.25) is 0 Å². The molecule has 0 bridgehead atoms. The maximum absolute atomic E-state index is 4.52. The van der Waals surface area contributed by atoms with Crippen LogP contribution in [0.25, 0.3) is 0 Å². The van der Waals surface area contributed by atoms with Crippen molar-refractivity contribution in [2.24, 2.45) is 7.05 Å². The van der Waals surface area contributed by atoms with E-state index in [2.05, 4.69) is 48.8 Å². The number of aromatic nitrogens is 3. The van der Waals surface area contributed by atoms with Crippen LogP contribution in [0.1, 0.15) is 37.3 Å². The number of imidazole rings is 1. The lowest BCUT2D eigenvalue weighted by molar-refractivity contribution is 0.481. The molecule has 0 fully saturated rings. The minimum Gasteiger partial charge on any atom is -0.338 e. The Hall–Kier alpha value is -1.20. The zero-order chi connectivity index (χ0) is 14.4. The second-order valence-corrected chi connectivity index (χ2v) is 5.82. The minimum absolute atomic E-state index is 0.278. The molecule has 0 aliphatic carbocycles. The fourth-order valence-electron chi connectivity index (χ4n) is 2.18. The van der Waals surface area contributed by atoms with Gasteiger partial charge in [-0.25, -0.2) is 4.98 Å². The molecule has 0 aliphatic heterocycles. The van der Waals surface area contributed by atoms with Crippen molar-refractivity contribution in [1.29, 1.82) is 0 Å². The highest BCUT2D eigenvalue weighted by Gasteiger charge is 2.13. The molecule has 1 N–H and O–H groups in total. The van der Waals surface area contributed by atoms with Crippen molar-refractivity contribution in [3.05, 3.63) is 46.7 Å². The quantitative estimate of drug-likeness (QED) is 0.843. The van der Waals surface area contributed by atoms with Gasteiger partial charge in [-0.2, -0.15) is 0 Å². The summed E-state index contributed by atoms with van der Waals surface area (Å²) < 4.78 is 3.09. The molecule has 2 aromatic rings. The van der Waals surface area contributed by atoms with E-state index in [-0.39, 0.29) is 6.04 Å². The SMILES string of the molecule is CCCNC(CCc1nccn1C)c1ccc(Br)cn1. The van der Waals surface area contributed by atoms with Gasteiger partial charge >= 0.3 is 0 Å². The van der Waals surface area contributed by atoms with Gasteiger partial charge < -0.3 is 9.88 Å². The maximum Gasteiger partial charge on any atom is 0.108 e. The standard InChI is InChI=1S/C15H21BrN4/c1-3-8-17-13(14-5-4-12(16)11-19-14)6-7-15-18-9-10-20(15)2/h4-5,9-11,13,17H,3,6-8H2,1-2H3. The van der Waals surface area contributed by atoms with Gasteiger partial charge in [0.1, 0.15) is 5.82 Å². The molecule has 5 heteroatoms. The molecule has 4 nitrogen and oxygen atoms in total. The number of nitrogens with one attached hydrogen (secondary N) is 1. The molecule has 0 saturated carbocycles. The van der Waals surface area contributed by atoms with Crippen LogP contribution in [-0.2, 0) is 13.5 Å². The van der Waals surface area contributed by atoms with Gasteiger partial charge in [0, 0.05) is 42.6 Å². The zero-order valence-electron chi connectivity index (χ0n) is 12.0. The highest BCUT2D eigenvalue weighted by Crippen LogP contribution is 2.18. The average Bonchev–Trinajstić information content (AvgIpc) is 2.86. The number of pyridine rings is 1. The number of rotatable bonds is 7. The smallest absolute Gasteiger partial charge is 0.108 e. The third-order valence-electron chi connectivity index (χ3n) is 3.33. The summed E-state index contributed by atoms with van der Waals surface area (Å²) in [4.78, 5) is 8.90. The minimum atomic E-state index is 0.278.